The molecule has 222 valence electrons. The summed E-state index contributed by atoms with van der Waals surface area (Å²) in [7, 11) is 0. The summed E-state index contributed by atoms with van der Waals surface area (Å²) < 4.78 is 0. The van der Waals surface area contributed by atoms with Gasteiger partial charge in [0.25, 0.3) is 0 Å². The fourth-order valence-electron chi connectivity index (χ4n) is 4.46. The number of likely N-dealkylation sites (tertiary alicyclic amines) is 1. The van der Waals surface area contributed by atoms with Gasteiger partial charge in [-0.05, 0) is 31.2 Å². The number of nitrogens with two attached hydrogens (primary N) is 1. The zero-order valence-electron chi connectivity index (χ0n) is 25.3. The summed E-state index contributed by atoms with van der Waals surface area (Å²) in [4.78, 5) is 27.4. The topological polar surface area (TPSA) is 127 Å². The van der Waals surface area contributed by atoms with Crippen molar-refractivity contribution >= 4 is 28.9 Å². The van der Waals surface area contributed by atoms with Crippen LogP contribution in [-0.4, -0.2) is 75.8 Å². The van der Waals surface area contributed by atoms with Gasteiger partial charge in [0.05, 0.1) is 5.69 Å². The fourth-order valence-corrected chi connectivity index (χ4v) is 4.46. The van der Waals surface area contributed by atoms with Gasteiger partial charge in [-0.2, -0.15) is 0 Å². The van der Waals surface area contributed by atoms with E-state index in [4.69, 9.17) is 11.1 Å². The molecular formula is C30H56N8O. The standard InChI is InChI=1S/C11H21N3O.C9H9N5.C5H10.C3H8.C2H6.H2/c1-2-10-4-3-7-14(10)11(15)13-8-5-12-6-9-13;10-3-6(4-11)8-7-1-2-12-9(7)14-5-13-8;1-5-3-2-4-5;1-3-2;1-2;/h10,12H,2-9H2,1H3;1-5,10H,11H2,(H,12,13,14);5H,2-4H2,1H3;3H2,1-2H3;1-2H3;1H/b;6-4+,10-3?;;;;/t10-;;;;;/m0...../s1. The van der Waals surface area contributed by atoms with Crippen LogP contribution in [0.4, 0.5) is 4.79 Å². The van der Waals surface area contributed by atoms with Gasteiger partial charge in [0.15, 0.2) is 0 Å². The number of hydrogen-bond acceptors (Lipinski definition) is 6. The van der Waals surface area contributed by atoms with E-state index < -0.39 is 0 Å². The van der Waals surface area contributed by atoms with Gasteiger partial charge in [-0.1, -0.05) is 67.2 Å². The number of nitrogens with zero attached hydrogens (tertiary/aromatic N) is 4. The number of amides is 2. The molecule has 2 aromatic rings. The first-order valence-corrected chi connectivity index (χ1v) is 15.0. The SMILES string of the molecule is CC.CC1CCC1.CCC.CC[C@H]1CCCN1C(=O)N1CCNCC1.N=C/C(=C\N)c1ncnc2[nH]ccc12.[HH]. The summed E-state index contributed by atoms with van der Waals surface area (Å²) in [5, 5.41) is 11.3. The lowest BCUT2D eigenvalue weighted by Gasteiger charge is -2.34. The molecule has 39 heavy (non-hydrogen) atoms. The van der Waals surface area contributed by atoms with Crippen molar-refractivity contribution in [3.8, 4) is 0 Å². The first-order valence-electron chi connectivity index (χ1n) is 15.0. The van der Waals surface area contributed by atoms with E-state index in [9.17, 15) is 4.79 Å². The molecule has 3 fully saturated rings. The Morgan fingerprint density at radius 3 is 2.28 bits per heavy atom. The normalized spacial score (nSPS) is 18.6. The number of aromatic nitrogens is 3. The summed E-state index contributed by atoms with van der Waals surface area (Å²) in [6.45, 7) is 17.3. The van der Waals surface area contributed by atoms with E-state index in [1.165, 1.54) is 57.3 Å². The van der Waals surface area contributed by atoms with E-state index in [0.29, 0.717) is 17.3 Å². The van der Waals surface area contributed by atoms with Gasteiger partial charge in [-0.3, -0.25) is 0 Å². The van der Waals surface area contributed by atoms with Crippen molar-refractivity contribution in [1.82, 2.24) is 30.1 Å². The highest BCUT2D eigenvalue weighted by Crippen LogP contribution is 2.24. The number of piperazine rings is 1. The van der Waals surface area contributed by atoms with Gasteiger partial charge in [0.1, 0.15) is 12.0 Å². The summed E-state index contributed by atoms with van der Waals surface area (Å²) in [6, 6.07) is 2.62. The zero-order valence-corrected chi connectivity index (χ0v) is 25.3. The smallest absolute Gasteiger partial charge is 0.320 e. The zero-order chi connectivity index (χ0) is 29.0. The molecule has 5 N–H and O–H groups in total. The van der Waals surface area contributed by atoms with E-state index in [1.807, 2.05) is 24.8 Å². The molecule has 9 nitrogen and oxygen atoms in total. The van der Waals surface area contributed by atoms with Crippen LogP contribution in [0.25, 0.3) is 16.6 Å². The van der Waals surface area contributed by atoms with Crippen molar-refractivity contribution in [3.05, 3.63) is 30.5 Å². The quantitative estimate of drug-likeness (QED) is 0.338. The molecular weight excluding hydrogens is 488 g/mol. The Balaban J connectivity index is 0.000000562. The van der Waals surface area contributed by atoms with Crippen molar-refractivity contribution < 1.29 is 6.22 Å². The van der Waals surface area contributed by atoms with Gasteiger partial charge in [0.2, 0.25) is 0 Å². The molecule has 0 aromatic carbocycles. The van der Waals surface area contributed by atoms with E-state index in [-0.39, 0.29) is 7.46 Å². The first kappa shape index (κ1) is 34.1. The molecule has 0 spiro atoms. The summed E-state index contributed by atoms with van der Waals surface area (Å²) >= 11 is 0. The van der Waals surface area contributed by atoms with Gasteiger partial charge >= 0.3 is 6.03 Å². The van der Waals surface area contributed by atoms with Crippen molar-refractivity contribution in [2.24, 2.45) is 11.7 Å². The van der Waals surface area contributed by atoms with Crippen LogP contribution in [0.5, 0.6) is 0 Å². The molecule has 2 saturated heterocycles. The van der Waals surface area contributed by atoms with Crippen LogP contribution in [0.15, 0.2) is 24.8 Å². The maximum Gasteiger partial charge on any atom is 0.320 e. The molecule has 0 radical (unpaired) electrons. The second-order valence-corrected chi connectivity index (χ2v) is 9.89. The number of fused-ring (bicyclic) bond motifs is 1. The third kappa shape index (κ3) is 11.0. The van der Waals surface area contributed by atoms with E-state index >= 15 is 0 Å². The number of aromatic amines is 1. The number of H-pyrrole nitrogens is 1. The van der Waals surface area contributed by atoms with E-state index in [1.54, 1.807) is 6.20 Å². The molecule has 1 saturated carbocycles. The van der Waals surface area contributed by atoms with Gasteiger partial charge in [-0.15, -0.1) is 0 Å². The number of carbonyl (C=O) groups excluding carboxylic acids is 1. The first-order chi connectivity index (χ1) is 19.0. The average Bonchev–Trinajstić information content (AvgIpc) is 3.65. The van der Waals surface area contributed by atoms with Crippen molar-refractivity contribution in [2.75, 3.05) is 32.7 Å². The lowest BCUT2D eigenvalue weighted by molar-refractivity contribution is 0.141. The van der Waals surface area contributed by atoms with Crippen LogP contribution >= 0.6 is 0 Å². The Hall–Kier alpha value is -2.94. The predicted octanol–water partition coefficient (Wildman–Crippen LogP) is 6.29. The van der Waals surface area contributed by atoms with Crippen LogP contribution < -0.4 is 11.1 Å². The Morgan fingerprint density at radius 2 is 1.77 bits per heavy atom. The second kappa shape index (κ2) is 20.0. The van der Waals surface area contributed by atoms with Crippen molar-refractivity contribution in [3.63, 3.8) is 0 Å². The third-order valence-electron chi connectivity index (χ3n) is 6.84. The van der Waals surface area contributed by atoms with Crippen LogP contribution in [0.3, 0.4) is 0 Å². The van der Waals surface area contributed by atoms with Crippen molar-refractivity contribution in [2.45, 2.75) is 92.5 Å². The minimum atomic E-state index is 0. The number of urea groups is 1. The summed E-state index contributed by atoms with van der Waals surface area (Å²) in [5.74, 6) is 1.06. The Morgan fingerprint density at radius 1 is 1.13 bits per heavy atom. The lowest BCUT2D eigenvalue weighted by Crippen LogP contribution is -2.52. The second-order valence-electron chi connectivity index (χ2n) is 9.89. The average molecular weight is 545 g/mol. The van der Waals surface area contributed by atoms with E-state index in [0.717, 1.165) is 56.1 Å². The molecule has 2 amide bonds. The highest BCUT2D eigenvalue weighted by atomic mass is 16.2. The molecule has 9 heteroatoms. The predicted molar refractivity (Wildman–Crippen MR) is 167 cm³/mol. The summed E-state index contributed by atoms with van der Waals surface area (Å²) in [6.07, 6.45) is 14.9. The number of hydrogen-bond donors (Lipinski definition) is 4. The lowest BCUT2D eigenvalue weighted by atomic mass is 9.88. The number of rotatable bonds is 3. The minimum Gasteiger partial charge on any atom is -0.404 e. The van der Waals surface area contributed by atoms with Gasteiger partial charge in [0, 0.05) is 69.8 Å². The highest BCUT2D eigenvalue weighted by molar-refractivity contribution is 6.11. The molecule has 5 rings (SSSR count). The Bertz CT molecular complexity index is 970. The van der Waals surface area contributed by atoms with Gasteiger partial charge in [-0.25, -0.2) is 14.8 Å². The molecule has 1 aliphatic carbocycles. The van der Waals surface area contributed by atoms with Crippen LogP contribution in [0.2, 0.25) is 0 Å². The molecule has 3 aliphatic rings. The van der Waals surface area contributed by atoms with Crippen LogP contribution in [0, 0.1) is 11.3 Å². The highest BCUT2D eigenvalue weighted by Gasteiger charge is 2.30. The Labute approximate surface area is 238 Å². The van der Waals surface area contributed by atoms with Crippen LogP contribution in [-0.2, 0) is 0 Å². The van der Waals surface area contributed by atoms with Crippen molar-refractivity contribution in [1.29, 1.82) is 5.41 Å². The summed E-state index contributed by atoms with van der Waals surface area (Å²) in [5.41, 5.74) is 7.39. The molecule has 4 heterocycles. The fraction of sp³-hybridized carbons (Fsp3) is 0.667. The molecule has 0 bridgehead atoms. The monoisotopic (exact) mass is 544 g/mol. The molecule has 2 aromatic heterocycles. The molecule has 0 unspecified atom stereocenters. The third-order valence-corrected chi connectivity index (χ3v) is 6.84. The van der Waals surface area contributed by atoms with Gasteiger partial charge < -0.3 is 31.2 Å². The van der Waals surface area contributed by atoms with E-state index in [2.05, 4.69) is 52.9 Å². The maximum atomic E-state index is 12.2. The Kier molecular flexibility index (Phi) is 17.5. The molecule has 2 aliphatic heterocycles. The largest absolute Gasteiger partial charge is 0.404 e. The van der Waals surface area contributed by atoms with Crippen LogP contribution in [0.1, 0.15) is 93.6 Å². The maximum absolute atomic E-state index is 12.2. The molecule has 1 atom stereocenters. The number of nitrogens with one attached hydrogen (secondary N) is 3. The minimum absolute atomic E-state index is 0. The number of allylic oxidation sites excluding steroid dienone is 1. The number of carbonyl (C=O) groups is 1.